The van der Waals surface area contributed by atoms with Gasteiger partial charge in [0.25, 0.3) is 0 Å². The van der Waals surface area contributed by atoms with E-state index >= 15 is 0 Å². The first-order valence-corrected chi connectivity index (χ1v) is 21.0. The summed E-state index contributed by atoms with van der Waals surface area (Å²) in [6.07, 6.45) is 9.71. The number of benzene rings is 6. The van der Waals surface area contributed by atoms with Crippen molar-refractivity contribution in [1.82, 2.24) is 0 Å². The maximum atomic E-state index is 7.89. The van der Waals surface area contributed by atoms with Gasteiger partial charge in [0.2, 0.25) is 0 Å². The van der Waals surface area contributed by atoms with Crippen molar-refractivity contribution >= 4 is 22.5 Å². The third-order valence-electron chi connectivity index (χ3n) is 14.2. The summed E-state index contributed by atoms with van der Waals surface area (Å²) in [6, 6.07) is 36.9. The molecule has 0 amide bonds. The molecular formula is C52H49NO6. The van der Waals surface area contributed by atoms with Crippen LogP contribution in [0.15, 0.2) is 109 Å². The van der Waals surface area contributed by atoms with Crippen molar-refractivity contribution in [3.8, 4) is 51.0 Å². The van der Waals surface area contributed by atoms with Gasteiger partial charge >= 0.3 is 0 Å². The minimum atomic E-state index is -0.983. The van der Waals surface area contributed by atoms with Crippen LogP contribution in [0.25, 0.3) is 39.1 Å². The average Bonchev–Trinajstić information content (AvgIpc) is 4.01. The van der Waals surface area contributed by atoms with E-state index < -0.39 is 5.60 Å². The Balaban J connectivity index is 1.21. The molecule has 0 N–H and O–H groups in total. The Bertz CT molecular complexity index is 2640. The number of anilines is 1. The fourth-order valence-electron chi connectivity index (χ4n) is 11.6. The summed E-state index contributed by atoms with van der Waals surface area (Å²) in [5.74, 6) is 5.42. The summed E-state index contributed by atoms with van der Waals surface area (Å²) in [5.41, 5.74) is 10.9. The number of ether oxygens (including phenoxy) is 6. The molecule has 59 heavy (non-hydrogen) atoms. The molecule has 2 bridgehead atoms. The number of methoxy groups -OCH3 is 4. The summed E-state index contributed by atoms with van der Waals surface area (Å²) in [4.78, 5) is 2.36. The van der Waals surface area contributed by atoms with Gasteiger partial charge in [-0.3, -0.25) is 0 Å². The normalized spacial score (nSPS) is 23.5. The third-order valence-corrected chi connectivity index (χ3v) is 14.2. The Morgan fingerprint density at radius 2 is 1.41 bits per heavy atom. The van der Waals surface area contributed by atoms with E-state index in [9.17, 15) is 0 Å². The maximum Gasteiger partial charge on any atom is 0.178 e. The lowest BCUT2D eigenvalue weighted by Crippen LogP contribution is -2.38. The number of hydrogen-bond donors (Lipinski definition) is 0. The average molecular weight is 784 g/mol. The molecule has 3 fully saturated rings. The second-order valence-electron chi connectivity index (χ2n) is 16.8. The maximum absolute atomic E-state index is 7.89. The van der Waals surface area contributed by atoms with Crippen LogP contribution in [0.4, 0.5) is 5.69 Å². The molecule has 0 aromatic heterocycles. The van der Waals surface area contributed by atoms with Gasteiger partial charge in [-0.1, -0.05) is 67.1 Å². The minimum absolute atomic E-state index is 0.0786. The van der Waals surface area contributed by atoms with Crippen molar-refractivity contribution in [2.75, 3.05) is 59.6 Å². The second kappa shape index (κ2) is 13.8. The summed E-state index contributed by atoms with van der Waals surface area (Å²) in [6.45, 7) is 2.91. The van der Waals surface area contributed by atoms with Crippen LogP contribution in [0.2, 0.25) is 0 Å². The van der Waals surface area contributed by atoms with Crippen molar-refractivity contribution in [2.24, 2.45) is 11.8 Å². The number of hydrogen-bond acceptors (Lipinski definition) is 7. The quantitative estimate of drug-likeness (QED) is 0.152. The van der Waals surface area contributed by atoms with Gasteiger partial charge in [-0.2, -0.15) is 0 Å². The zero-order valence-electron chi connectivity index (χ0n) is 34.2. The van der Waals surface area contributed by atoms with E-state index in [1.54, 1.807) is 28.4 Å². The van der Waals surface area contributed by atoms with Crippen LogP contribution < -0.4 is 28.6 Å². The zero-order chi connectivity index (χ0) is 39.9. The first-order chi connectivity index (χ1) is 29.0. The molecule has 6 aromatic carbocycles. The number of morpholine rings is 1. The van der Waals surface area contributed by atoms with Crippen molar-refractivity contribution in [3.05, 3.63) is 137 Å². The topological polar surface area (TPSA) is 58.6 Å². The van der Waals surface area contributed by atoms with Crippen molar-refractivity contribution in [3.63, 3.8) is 0 Å². The van der Waals surface area contributed by atoms with Crippen LogP contribution in [-0.4, -0.2) is 54.7 Å². The summed E-state index contributed by atoms with van der Waals surface area (Å²) < 4.78 is 37.2. The van der Waals surface area contributed by atoms with Gasteiger partial charge in [0.15, 0.2) is 5.60 Å². The molecule has 4 unspecified atom stereocenters. The first kappa shape index (κ1) is 36.2. The molecule has 2 saturated carbocycles. The second-order valence-corrected chi connectivity index (χ2v) is 16.8. The van der Waals surface area contributed by atoms with Crippen LogP contribution in [0.5, 0.6) is 28.7 Å². The van der Waals surface area contributed by atoms with Gasteiger partial charge in [-0.05, 0) is 119 Å². The van der Waals surface area contributed by atoms with E-state index in [0.717, 1.165) is 81.1 Å². The Hall–Kier alpha value is -5.92. The van der Waals surface area contributed by atoms with Crippen molar-refractivity contribution in [2.45, 2.75) is 36.7 Å². The molecule has 0 radical (unpaired) electrons. The largest absolute Gasteiger partial charge is 0.497 e. The molecule has 1 saturated heterocycles. The predicted molar refractivity (Wildman–Crippen MR) is 234 cm³/mol. The van der Waals surface area contributed by atoms with Gasteiger partial charge in [0, 0.05) is 46.1 Å². The Morgan fingerprint density at radius 1 is 0.678 bits per heavy atom. The van der Waals surface area contributed by atoms with Crippen LogP contribution in [0.3, 0.4) is 0 Å². The Morgan fingerprint density at radius 3 is 2.10 bits per heavy atom. The molecule has 3 aliphatic carbocycles. The highest BCUT2D eigenvalue weighted by atomic mass is 16.5. The highest BCUT2D eigenvalue weighted by Gasteiger charge is 2.58. The highest BCUT2D eigenvalue weighted by molar-refractivity contribution is 6.11. The number of nitrogens with zero attached hydrogens (tertiary/aromatic N) is 1. The predicted octanol–water partition coefficient (Wildman–Crippen LogP) is 10.8. The van der Waals surface area contributed by atoms with Gasteiger partial charge in [0.05, 0.1) is 47.3 Å². The zero-order valence-corrected chi connectivity index (χ0v) is 34.2. The molecule has 298 valence electrons. The summed E-state index contributed by atoms with van der Waals surface area (Å²) >= 11 is 0. The van der Waals surface area contributed by atoms with E-state index in [-0.39, 0.29) is 5.41 Å². The fourth-order valence-corrected chi connectivity index (χ4v) is 11.6. The van der Waals surface area contributed by atoms with E-state index in [1.807, 2.05) is 24.3 Å². The lowest BCUT2D eigenvalue weighted by molar-refractivity contribution is 0.122. The molecule has 4 atom stereocenters. The Kier molecular flexibility index (Phi) is 8.49. The van der Waals surface area contributed by atoms with Gasteiger partial charge < -0.3 is 33.3 Å². The molecule has 5 aliphatic rings. The number of rotatable bonds is 8. The van der Waals surface area contributed by atoms with Gasteiger partial charge in [-0.15, -0.1) is 0 Å². The minimum Gasteiger partial charge on any atom is -0.497 e. The smallest absolute Gasteiger partial charge is 0.178 e. The van der Waals surface area contributed by atoms with Gasteiger partial charge in [0.1, 0.15) is 28.7 Å². The van der Waals surface area contributed by atoms with Crippen LogP contribution in [-0.2, 0) is 15.8 Å². The summed E-state index contributed by atoms with van der Waals surface area (Å²) in [5, 5.41) is 2.21. The SMILES string of the molecule is COc1ccc(-c2cc3c4c(c5c(c3cc2OC)OC(c2ccc(OC)cc2)(c2ccc(OC)c(N3CCOCC3)c2)C=C5)C2(CC3CCC2C3)c2ccccc2-4)cc1. The molecule has 6 aromatic rings. The molecule has 1 spiro atoms. The monoisotopic (exact) mass is 783 g/mol. The van der Waals surface area contributed by atoms with Crippen LogP contribution in [0.1, 0.15) is 53.5 Å². The number of fused-ring (bicyclic) bond motifs is 13. The molecule has 11 rings (SSSR count). The molecule has 7 nitrogen and oxygen atoms in total. The van der Waals surface area contributed by atoms with Crippen LogP contribution in [0, 0.1) is 11.8 Å². The third kappa shape index (κ3) is 5.29. The van der Waals surface area contributed by atoms with Crippen molar-refractivity contribution < 1.29 is 28.4 Å². The molecule has 7 heteroatoms. The van der Waals surface area contributed by atoms with Crippen LogP contribution >= 0.6 is 0 Å². The standard InChI is InChI=1S/C52H49NO6/c1-54-37-16-10-33(11-17-37)41-29-42-43(30-47(41)57-4)50-40(49-48(42)39-7-5-6-8-44(39)51(49)31-32-9-12-35(51)27-32)21-22-52(59-50,34-13-18-38(55-2)19-14-34)36-15-20-46(56-3)45(28-36)53-23-25-58-26-24-53/h5-8,10-11,13-22,28-30,32,35H,9,12,23-27,31H2,1-4H3. The lowest BCUT2D eigenvalue weighted by atomic mass is 9.65. The molecular weight excluding hydrogens is 735 g/mol. The van der Waals surface area contributed by atoms with Gasteiger partial charge in [-0.25, -0.2) is 0 Å². The lowest BCUT2D eigenvalue weighted by Gasteiger charge is -2.41. The van der Waals surface area contributed by atoms with Crippen molar-refractivity contribution in [1.29, 1.82) is 0 Å². The summed E-state index contributed by atoms with van der Waals surface area (Å²) in [7, 11) is 6.92. The van der Waals surface area contributed by atoms with E-state index in [1.165, 1.54) is 58.9 Å². The fraction of sp³-hybridized carbons (Fsp3) is 0.308. The highest BCUT2D eigenvalue weighted by Crippen LogP contribution is 2.69. The van der Waals surface area contributed by atoms with E-state index in [2.05, 4.69) is 95.9 Å². The van der Waals surface area contributed by atoms with E-state index in [4.69, 9.17) is 28.4 Å². The Labute approximate surface area is 346 Å². The molecule has 2 aliphatic heterocycles. The molecule has 2 heterocycles. The first-order valence-electron chi connectivity index (χ1n) is 21.0. The van der Waals surface area contributed by atoms with E-state index in [0.29, 0.717) is 19.1 Å².